The smallest absolute Gasteiger partial charge is 0.323 e. The highest BCUT2D eigenvalue weighted by molar-refractivity contribution is 5.92. The average molecular weight is 508 g/mol. The van der Waals surface area contributed by atoms with Gasteiger partial charge in [-0.05, 0) is 31.7 Å². The van der Waals surface area contributed by atoms with E-state index in [1.807, 2.05) is 49.1 Å². The van der Waals surface area contributed by atoms with Crippen molar-refractivity contribution in [2.45, 2.75) is 64.3 Å². The number of anilines is 1. The number of piperidine rings is 1. The maximum atomic E-state index is 12.5. The molecule has 37 heavy (non-hydrogen) atoms. The molecule has 0 amide bonds. The number of nitro benzene ring substituents is 1. The summed E-state index contributed by atoms with van der Waals surface area (Å²) >= 11 is 0. The molecule has 1 N–H and O–H groups in total. The van der Waals surface area contributed by atoms with E-state index in [4.69, 9.17) is 9.47 Å². The summed E-state index contributed by atoms with van der Waals surface area (Å²) in [6, 6.07) is 12.4. The highest BCUT2D eigenvalue weighted by Gasteiger charge is 2.36. The van der Waals surface area contributed by atoms with Crippen LogP contribution in [0.3, 0.4) is 0 Å². The summed E-state index contributed by atoms with van der Waals surface area (Å²) in [6.07, 6.45) is 4.80. The molecule has 4 rings (SSSR count). The molecular weight excluding hydrogens is 474 g/mol. The molecule has 0 aliphatic carbocycles. The van der Waals surface area contributed by atoms with Crippen LogP contribution in [0.25, 0.3) is 10.9 Å². The first-order chi connectivity index (χ1) is 17.9. The Morgan fingerprint density at radius 1 is 1.24 bits per heavy atom. The van der Waals surface area contributed by atoms with Gasteiger partial charge in [0.25, 0.3) is 0 Å². The van der Waals surface area contributed by atoms with Crippen LogP contribution in [0.4, 0.5) is 11.5 Å². The van der Waals surface area contributed by atoms with Crippen molar-refractivity contribution in [1.29, 1.82) is 0 Å². The summed E-state index contributed by atoms with van der Waals surface area (Å²) in [5, 5.41) is 16.0. The molecule has 10 nitrogen and oxygen atoms in total. The Bertz CT molecular complexity index is 1240. The second-order valence-electron chi connectivity index (χ2n) is 9.23. The van der Waals surface area contributed by atoms with Gasteiger partial charge in [0.1, 0.15) is 18.2 Å². The second kappa shape index (κ2) is 12.0. The van der Waals surface area contributed by atoms with Gasteiger partial charge in [0.15, 0.2) is 6.23 Å². The zero-order chi connectivity index (χ0) is 26.4. The van der Waals surface area contributed by atoms with E-state index in [1.54, 1.807) is 6.07 Å². The summed E-state index contributed by atoms with van der Waals surface area (Å²) in [6.45, 7) is 4.67. The van der Waals surface area contributed by atoms with Gasteiger partial charge in [-0.2, -0.15) is 0 Å². The van der Waals surface area contributed by atoms with Crippen LogP contribution in [-0.4, -0.2) is 51.7 Å². The number of rotatable bonds is 10. The van der Waals surface area contributed by atoms with Crippen molar-refractivity contribution < 1.29 is 19.2 Å². The molecule has 1 saturated heterocycles. The van der Waals surface area contributed by atoms with Crippen molar-refractivity contribution in [2.75, 3.05) is 19.0 Å². The SMILES string of the molecule is CCCC(Oc1cc2ncnc(NC(C)c3ccccc3)c2cc1[N+](=O)[O-])N1CCCCC1C(=O)OC. The lowest BCUT2D eigenvalue weighted by Crippen LogP contribution is -2.52. The van der Waals surface area contributed by atoms with Crippen LogP contribution in [0.2, 0.25) is 0 Å². The van der Waals surface area contributed by atoms with E-state index in [1.165, 1.54) is 19.5 Å². The van der Waals surface area contributed by atoms with Crippen LogP contribution in [-0.2, 0) is 9.53 Å². The minimum absolute atomic E-state index is 0.0717. The molecule has 1 aliphatic heterocycles. The van der Waals surface area contributed by atoms with Gasteiger partial charge in [-0.25, -0.2) is 9.97 Å². The van der Waals surface area contributed by atoms with Crippen molar-refractivity contribution in [3.05, 3.63) is 64.5 Å². The van der Waals surface area contributed by atoms with E-state index >= 15 is 0 Å². The number of hydrogen-bond donors (Lipinski definition) is 1. The number of benzene rings is 2. The molecule has 3 aromatic rings. The maximum Gasteiger partial charge on any atom is 0.323 e. The van der Waals surface area contributed by atoms with Crippen molar-refractivity contribution in [2.24, 2.45) is 0 Å². The van der Waals surface area contributed by atoms with Gasteiger partial charge in [-0.1, -0.05) is 50.1 Å². The molecule has 1 aliphatic rings. The van der Waals surface area contributed by atoms with E-state index in [2.05, 4.69) is 15.3 Å². The first-order valence-corrected chi connectivity index (χ1v) is 12.7. The number of aromatic nitrogens is 2. The fraction of sp³-hybridized carbons (Fsp3) is 0.444. The summed E-state index contributed by atoms with van der Waals surface area (Å²) in [5.74, 6) is 0.308. The van der Waals surface area contributed by atoms with Crippen LogP contribution < -0.4 is 10.1 Å². The van der Waals surface area contributed by atoms with Crippen molar-refractivity contribution in [1.82, 2.24) is 14.9 Å². The number of esters is 1. The summed E-state index contributed by atoms with van der Waals surface area (Å²) in [7, 11) is 1.38. The molecule has 1 fully saturated rings. The molecular formula is C27H33N5O5. The molecule has 196 valence electrons. The molecule has 3 atom stereocenters. The molecule has 0 spiro atoms. The molecule has 3 unspecified atom stereocenters. The largest absolute Gasteiger partial charge is 0.468 e. The highest BCUT2D eigenvalue weighted by Crippen LogP contribution is 2.36. The highest BCUT2D eigenvalue weighted by atomic mass is 16.6. The molecule has 2 heterocycles. The number of carbonyl (C=O) groups is 1. The van der Waals surface area contributed by atoms with Crippen LogP contribution in [0.5, 0.6) is 5.75 Å². The number of nitro groups is 1. The molecule has 0 bridgehead atoms. The van der Waals surface area contributed by atoms with Crippen molar-refractivity contribution >= 4 is 28.4 Å². The van der Waals surface area contributed by atoms with Gasteiger partial charge in [-0.3, -0.25) is 19.8 Å². The van der Waals surface area contributed by atoms with Gasteiger partial charge in [-0.15, -0.1) is 0 Å². The fourth-order valence-corrected chi connectivity index (χ4v) is 4.83. The molecule has 2 aromatic carbocycles. The summed E-state index contributed by atoms with van der Waals surface area (Å²) in [5.41, 5.74) is 1.41. The number of fused-ring (bicyclic) bond motifs is 1. The van der Waals surface area contributed by atoms with Gasteiger partial charge >= 0.3 is 11.7 Å². The Morgan fingerprint density at radius 3 is 2.73 bits per heavy atom. The Labute approximate surface area is 216 Å². The maximum absolute atomic E-state index is 12.5. The van der Waals surface area contributed by atoms with Gasteiger partial charge in [0.05, 0.1) is 17.5 Å². The van der Waals surface area contributed by atoms with E-state index in [0.717, 1.165) is 24.8 Å². The van der Waals surface area contributed by atoms with Crippen LogP contribution >= 0.6 is 0 Å². The summed E-state index contributed by atoms with van der Waals surface area (Å²) in [4.78, 5) is 34.8. The molecule has 10 heteroatoms. The van der Waals surface area contributed by atoms with Crippen molar-refractivity contribution in [3.8, 4) is 5.75 Å². The van der Waals surface area contributed by atoms with Crippen molar-refractivity contribution in [3.63, 3.8) is 0 Å². The zero-order valence-corrected chi connectivity index (χ0v) is 21.4. The molecule has 0 radical (unpaired) electrons. The van der Waals surface area contributed by atoms with Crippen LogP contribution in [0.15, 0.2) is 48.8 Å². The predicted octanol–water partition coefficient (Wildman–Crippen LogP) is 5.24. The third kappa shape index (κ3) is 5.96. The van der Waals surface area contributed by atoms with E-state index in [-0.39, 0.29) is 23.4 Å². The first kappa shape index (κ1) is 26.3. The van der Waals surface area contributed by atoms with Crippen LogP contribution in [0.1, 0.15) is 57.6 Å². The number of ether oxygens (including phenoxy) is 2. The van der Waals surface area contributed by atoms with E-state index in [0.29, 0.717) is 36.1 Å². The average Bonchev–Trinajstić information content (AvgIpc) is 2.92. The van der Waals surface area contributed by atoms with E-state index in [9.17, 15) is 14.9 Å². The number of methoxy groups -OCH3 is 1. The van der Waals surface area contributed by atoms with Gasteiger partial charge in [0.2, 0.25) is 5.75 Å². The number of hydrogen-bond acceptors (Lipinski definition) is 9. The van der Waals surface area contributed by atoms with Gasteiger partial charge < -0.3 is 14.8 Å². The minimum Gasteiger partial charge on any atom is -0.468 e. The normalized spacial score (nSPS) is 17.6. The quantitative estimate of drug-likeness (QED) is 0.223. The lowest BCUT2D eigenvalue weighted by molar-refractivity contribution is -0.386. The summed E-state index contributed by atoms with van der Waals surface area (Å²) < 4.78 is 11.3. The van der Waals surface area contributed by atoms with Gasteiger partial charge in [0, 0.05) is 30.1 Å². The minimum atomic E-state index is -0.511. The lowest BCUT2D eigenvalue weighted by atomic mass is 10.0. The molecule has 1 aromatic heterocycles. The van der Waals surface area contributed by atoms with Crippen LogP contribution in [0, 0.1) is 10.1 Å². The zero-order valence-electron chi connectivity index (χ0n) is 21.4. The fourth-order valence-electron chi connectivity index (χ4n) is 4.83. The Kier molecular flexibility index (Phi) is 8.50. The number of nitrogens with zero attached hydrogens (tertiary/aromatic N) is 4. The number of nitrogens with one attached hydrogen (secondary N) is 1. The number of likely N-dealkylation sites (tertiary alicyclic amines) is 1. The monoisotopic (exact) mass is 507 g/mol. The Morgan fingerprint density at radius 2 is 2.03 bits per heavy atom. The predicted molar refractivity (Wildman–Crippen MR) is 140 cm³/mol. The van der Waals surface area contributed by atoms with E-state index < -0.39 is 17.2 Å². The third-order valence-electron chi connectivity index (χ3n) is 6.75. The first-order valence-electron chi connectivity index (χ1n) is 12.7. The standard InChI is InChI=1S/C27H33N5O5/c1-4-10-25(31-14-9-8-13-22(31)27(33)36-3)37-24-16-21-20(15-23(24)32(34)35)26(29-17-28-21)30-18(2)19-11-6-5-7-12-19/h5-7,11-12,15-18,22,25H,4,8-10,13-14H2,1-3H3,(H,28,29,30). The number of carbonyl (C=O) groups excluding carboxylic acids is 1. The lowest BCUT2D eigenvalue weighted by Gasteiger charge is -2.39. The Balaban J connectivity index is 1.68. The second-order valence-corrected chi connectivity index (χ2v) is 9.23. The molecule has 0 saturated carbocycles. The Hall–Kier alpha value is -3.79. The topological polar surface area (TPSA) is 120 Å². The third-order valence-corrected chi connectivity index (χ3v) is 6.75.